The van der Waals surface area contributed by atoms with Gasteiger partial charge in [-0.15, -0.1) is 0 Å². The largest absolute Gasteiger partial charge is 0.460 e. The molecule has 0 spiro atoms. The molecule has 4 nitrogen and oxygen atoms in total. The van der Waals surface area contributed by atoms with Gasteiger partial charge in [0.05, 0.1) is 5.92 Å². The Labute approximate surface area is 141 Å². The molecule has 124 valence electrons. The van der Waals surface area contributed by atoms with Gasteiger partial charge in [0.1, 0.15) is 23.5 Å². The summed E-state index contributed by atoms with van der Waals surface area (Å²) < 4.78 is 11.2. The minimum atomic E-state index is -0.608. The molecule has 0 unspecified atom stereocenters. The van der Waals surface area contributed by atoms with E-state index in [0.29, 0.717) is 11.5 Å². The standard InChI is InChI=1S/C20H20O4/c1-20(2,3)24-18(22)12-15(21)19-13-8-4-6-10-16(13)23-17-11-7-5-9-14(17)19/h4-11,19H,12H2,1-3H3. The smallest absolute Gasteiger partial charge is 0.313 e. The maximum absolute atomic E-state index is 12.9. The molecule has 0 aromatic heterocycles. The van der Waals surface area contributed by atoms with Gasteiger partial charge in [-0.3, -0.25) is 9.59 Å². The Morgan fingerprint density at radius 2 is 1.46 bits per heavy atom. The van der Waals surface area contributed by atoms with Crippen LogP contribution in [-0.2, 0) is 14.3 Å². The summed E-state index contributed by atoms with van der Waals surface area (Å²) in [4.78, 5) is 24.9. The third kappa shape index (κ3) is 3.32. The molecule has 0 aliphatic carbocycles. The lowest BCUT2D eigenvalue weighted by atomic mass is 9.84. The monoisotopic (exact) mass is 324 g/mol. The molecular formula is C20H20O4. The number of carbonyl (C=O) groups is 2. The summed E-state index contributed by atoms with van der Waals surface area (Å²) in [5.41, 5.74) is 0.956. The number of rotatable bonds is 3. The van der Waals surface area contributed by atoms with Crippen molar-refractivity contribution in [3.63, 3.8) is 0 Å². The van der Waals surface area contributed by atoms with E-state index in [2.05, 4.69) is 0 Å². The van der Waals surface area contributed by atoms with Gasteiger partial charge >= 0.3 is 5.97 Å². The van der Waals surface area contributed by atoms with Crippen molar-refractivity contribution in [3.05, 3.63) is 59.7 Å². The van der Waals surface area contributed by atoms with E-state index in [1.165, 1.54) is 0 Å². The van der Waals surface area contributed by atoms with Crippen LogP contribution < -0.4 is 4.74 Å². The van der Waals surface area contributed by atoms with Crippen LogP contribution >= 0.6 is 0 Å². The second-order valence-electron chi connectivity index (χ2n) is 6.84. The summed E-state index contributed by atoms with van der Waals surface area (Å²) in [6.07, 6.45) is -0.259. The third-order valence-electron chi connectivity index (χ3n) is 3.74. The first-order valence-corrected chi connectivity index (χ1v) is 7.95. The van der Waals surface area contributed by atoms with E-state index in [1.807, 2.05) is 48.5 Å². The van der Waals surface area contributed by atoms with Crippen LogP contribution in [0, 0.1) is 0 Å². The Balaban J connectivity index is 1.92. The van der Waals surface area contributed by atoms with Crippen molar-refractivity contribution in [2.75, 3.05) is 0 Å². The molecule has 0 saturated heterocycles. The van der Waals surface area contributed by atoms with Gasteiger partial charge < -0.3 is 9.47 Å². The molecule has 4 heteroatoms. The molecule has 1 aliphatic rings. The van der Waals surface area contributed by atoms with E-state index in [4.69, 9.17) is 9.47 Å². The van der Waals surface area contributed by atoms with Gasteiger partial charge in [0.2, 0.25) is 0 Å². The number of carbonyl (C=O) groups excluding carboxylic acids is 2. The summed E-state index contributed by atoms with van der Waals surface area (Å²) in [6, 6.07) is 14.8. The normalized spacial score (nSPS) is 13.5. The quantitative estimate of drug-likeness (QED) is 0.626. The molecule has 0 radical (unpaired) electrons. The molecule has 24 heavy (non-hydrogen) atoms. The van der Waals surface area contributed by atoms with Gasteiger partial charge in [0, 0.05) is 11.1 Å². The van der Waals surface area contributed by atoms with Crippen molar-refractivity contribution in [1.82, 2.24) is 0 Å². The number of ketones is 1. The minimum absolute atomic E-state index is 0.188. The number of Topliss-reactive ketones (excluding diaryl/α,β-unsaturated/α-hetero) is 1. The zero-order chi connectivity index (χ0) is 17.3. The molecule has 0 fully saturated rings. The van der Waals surface area contributed by atoms with Crippen LogP contribution in [0.25, 0.3) is 0 Å². The molecule has 0 N–H and O–H groups in total. The molecule has 2 aromatic rings. The maximum Gasteiger partial charge on any atom is 0.313 e. The Hall–Kier alpha value is -2.62. The van der Waals surface area contributed by atoms with Crippen LogP contribution in [0.5, 0.6) is 11.5 Å². The van der Waals surface area contributed by atoms with Crippen LogP contribution in [0.3, 0.4) is 0 Å². The first-order valence-electron chi connectivity index (χ1n) is 7.95. The van der Waals surface area contributed by atoms with Crippen LogP contribution in [-0.4, -0.2) is 17.4 Å². The predicted molar refractivity (Wildman–Crippen MR) is 90.3 cm³/mol. The van der Waals surface area contributed by atoms with E-state index >= 15 is 0 Å². The SMILES string of the molecule is CC(C)(C)OC(=O)CC(=O)C1c2ccccc2Oc2ccccc21. The summed E-state index contributed by atoms with van der Waals surface area (Å²) in [5, 5.41) is 0. The Kier molecular flexibility index (Phi) is 4.14. The maximum atomic E-state index is 12.9. The lowest BCUT2D eigenvalue weighted by Crippen LogP contribution is -2.27. The summed E-state index contributed by atoms with van der Waals surface area (Å²) >= 11 is 0. The fourth-order valence-electron chi connectivity index (χ4n) is 2.88. The number of benzene rings is 2. The van der Waals surface area contributed by atoms with Gasteiger partial charge in [0.15, 0.2) is 5.78 Å². The van der Waals surface area contributed by atoms with Crippen molar-refractivity contribution in [2.45, 2.75) is 38.7 Å². The highest BCUT2D eigenvalue weighted by molar-refractivity contribution is 6.02. The van der Waals surface area contributed by atoms with Crippen LogP contribution in [0.2, 0.25) is 0 Å². The Morgan fingerprint density at radius 3 is 1.96 bits per heavy atom. The number of ether oxygens (including phenoxy) is 2. The molecule has 1 heterocycles. The molecule has 0 saturated carbocycles. The average molecular weight is 324 g/mol. The fraction of sp³-hybridized carbons (Fsp3) is 0.300. The van der Waals surface area contributed by atoms with Crippen molar-refractivity contribution < 1.29 is 19.1 Å². The van der Waals surface area contributed by atoms with E-state index < -0.39 is 17.5 Å². The van der Waals surface area contributed by atoms with Crippen LogP contribution in [0.1, 0.15) is 44.2 Å². The zero-order valence-corrected chi connectivity index (χ0v) is 14.0. The average Bonchev–Trinajstić information content (AvgIpc) is 2.50. The predicted octanol–water partition coefficient (Wildman–Crippen LogP) is 4.23. The number of hydrogen-bond acceptors (Lipinski definition) is 4. The Morgan fingerprint density at radius 1 is 0.958 bits per heavy atom. The van der Waals surface area contributed by atoms with E-state index in [9.17, 15) is 9.59 Å². The van der Waals surface area contributed by atoms with Crippen molar-refractivity contribution in [1.29, 1.82) is 0 Å². The summed E-state index contributed by atoms with van der Waals surface area (Å²) in [5.74, 6) is 0.0950. The number of esters is 1. The topological polar surface area (TPSA) is 52.6 Å². The molecule has 2 aromatic carbocycles. The van der Waals surface area contributed by atoms with Gasteiger partial charge in [-0.05, 0) is 32.9 Å². The summed E-state index contributed by atoms with van der Waals surface area (Å²) in [7, 11) is 0. The molecule has 0 atom stereocenters. The van der Waals surface area contributed by atoms with E-state index in [0.717, 1.165) is 11.1 Å². The highest BCUT2D eigenvalue weighted by Gasteiger charge is 2.33. The highest BCUT2D eigenvalue weighted by atomic mass is 16.6. The van der Waals surface area contributed by atoms with Gasteiger partial charge in [-0.2, -0.15) is 0 Å². The molecule has 0 bridgehead atoms. The number of fused-ring (bicyclic) bond motifs is 2. The fourth-order valence-corrected chi connectivity index (χ4v) is 2.88. The molecular weight excluding hydrogens is 304 g/mol. The van der Waals surface area contributed by atoms with Gasteiger partial charge in [0.25, 0.3) is 0 Å². The van der Waals surface area contributed by atoms with E-state index in [-0.39, 0.29) is 12.2 Å². The lowest BCUT2D eigenvalue weighted by Gasteiger charge is -2.27. The zero-order valence-electron chi connectivity index (χ0n) is 14.0. The third-order valence-corrected chi connectivity index (χ3v) is 3.74. The lowest BCUT2D eigenvalue weighted by molar-refractivity contribution is -0.156. The molecule has 3 rings (SSSR count). The Bertz CT molecular complexity index is 741. The minimum Gasteiger partial charge on any atom is -0.460 e. The highest BCUT2D eigenvalue weighted by Crippen LogP contribution is 2.44. The van der Waals surface area contributed by atoms with Crippen molar-refractivity contribution >= 4 is 11.8 Å². The van der Waals surface area contributed by atoms with Crippen LogP contribution in [0.15, 0.2) is 48.5 Å². The molecule has 0 amide bonds. The summed E-state index contributed by atoms with van der Waals surface area (Å²) in [6.45, 7) is 5.36. The van der Waals surface area contributed by atoms with Crippen molar-refractivity contribution in [2.24, 2.45) is 0 Å². The number of para-hydroxylation sites is 2. The van der Waals surface area contributed by atoms with Crippen molar-refractivity contribution in [3.8, 4) is 11.5 Å². The first kappa shape index (κ1) is 16.2. The van der Waals surface area contributed by atoms with E-state index in [1.54, 1.807) is 20.8 Å². The number of hydrogen-bond donors (Lipinski definition) is 0. The second kappa shape index (κ2) is 6.11. The molecule has 1 aliphatic heterocycles. The van der Waals surface area contributed by atoms with Gasteiger partial charge in [-0.1, -0.05) is 36.4 Å². The second-order valence-corrected chi connectivity index (χ2v) is 6.84. The van der Waals surface area contributed by atoms with Crippen LogP contribution in [0.4, 0.5) is 0 Å². The van der Waals surface area contributed by atoms with Gasteiger partial charge in [-0.25, -0.2) is 0 Å². The first-order chi connectivity index (χ1) is 11.3.